The van der Waals surface area contributed by atoms with Crippen LogP contribution in [0, 0.1) is 6.92 Å². The first kappa shape index (κ1) is 24.3. The zero-order valence-corrected chi connectivity index (χ0v) is 19.6. The van der Waals surface area contributed by atoms with E-state index in [1.54, 1.807) is 24.3 Å². The minimum Gasteiger partial charge on any atom is -0.478 e. The van der Waals surface area contributed by atoms with E-state index in [-0.39, 0.29) is 22.9 Å². The van der Waals surface area contributed by atoms with Gasteiger partial charge in [-0.2, -0.15) is 0 Å². The van der Waals surface area contributed by atoms with Crippen LogP contribution in [0.3, 0.4) is 0 Å². The molecule has 0 spiro atoms. The number of carboxylic acids is 1. The molecule has 1 saturated heterocycles. The van der Waals surface area contributed by atoms with Crippen LogP contribution in [0.15, 0.2) is 42.5 Å². The fraction of sp³-hybridized carbons (Fsp3) is 0.400. The summed E-state index contributed by atoms with van der Waals surface area (Å²) in [4.78, 5) is 40.8. The molecule has 176 valence electrons. The number of rotatable bonds is 6. The molecule has 33 heavy (non-hydrogen) atoms. The molecule has 2 aromatic carbocycles. The smallest absolute Gasteiger partial charge is 0.337 e. The third kappa shape index (κ3) is 6.79. The number of carbonyl (C=O) groups excluding carboxylic acids is 2. The van der Waals surface area contributed by atoms with E-state index in [2.05, 4.69) is 15.5 Å². The highest BCUT2D eigenvalue weighted by atomic mass is 16.4. The van der Waals surface area contributed by atoms with E-state index in [0.29, 0.717) is 49.7 Å². The van der Waals surface area contributed by atoms with Crippen LogP contribution >= 0.6 is 0 Å². The fourth-order valence-electron chi connectivity index (χ4n) is 3.86. The number of nitrogens with one attached hydrogen (secondary N) is 2. The first-order valence-corrected chi connectivity index (χ1v) is 11.1. The number of piperazine rings is 1. The lowest BCUT2D eigenvalue weighted by atomic mass is 10.1. The van der Waals surface area contributed by atoms with Crippen molar-refractivity contribution >= 4 is 29.2 Å². The Bertz CT molecular complexity index is 1040. The number of anilines is 2. The number of carboxylic acid groups (broad SMARTS) is 1. The summed E-state index contributed by atoms with van der Waals surface area (Å²) in [5, 5.41) is 15.5. The van der Waals surface area contributed by atoms with Crippen molar-refractivity contribution in [2.75, 3.05) is 42.9 Å². The van der Waals surface area contributed by atoms with Crippen LogP contribution in [-0.4, -0.2) is 66.1 Å². The average molecular weight is 453 g/mol. The molecule has 0 aromatic heterocycles. The Morgan fingerprint density at radius 1 is 1.00 bits per heavy atom. The van der Waals surface area contributed by atoms with E-state index >= 15 is 0 Å². The summed E-state index contributed by atoms with van der Waals surface area (Å²) >= 11 is 0. The van der Waals surface area contributed by atoms with Crippen molar-refractivity contribution in [3.63, 3.8) is 0 Å². The molecule has 1 heterocycles. The van der Waals surface area contributed by atoms with Crippen LogP contribution in [0.25, 0.3) is 0 Å². The molecule has 0 bridgehead atoms. The standard InChI is InChI=1S/C25H32N4O4/c1-17-6-5-7-18(14-17)23(31)26-19-8-9-21(20(15-19)24(32)33)29-12-10-28(11-13-29)16-22(30)27-25(2,3)4/h5-9,14-15H,10-13,16H2,1-4H3,(H,26,31)(H,27,30)(H,32,33). The van der Waals surface area contributed by atoms with Crippen LogP contribution in [0.1, 0.15) is 47.1 Å². The van der Waals surface area contributed by atoms with Crippen molar-refractivity contribution in [2.45, 2.75) is 33.2 Å². The molecule has 2 amide bonds. The molecule has 8 nitrogen and oxygen atoms in total. The van der Waals surface area contributed by atoms with Gasteiger partial charge in [-0.1, -0.05) is 17.7 Å². The largest absolute Gasteiger partial charge is 0.478 e. The maximum Gasteiger partial charge on any atom is 0.337 e. The molecule has 1 fully saturated rings. The highest BCUT2D eigenvalue weighted by Gasteiger charge is 2.24. The van der Waals surface area contributed by atoms with E-state index in [1.165, 1.54) is 6.07 Å². The molecule has 0 unspecified atom stereocenters. The molecule has 0 radical (unpaired) electrons. The van der Waals surface area contributed by atoms with Gasteiger partial charge in [0, 0.05) is 43.0 Å². The van der Waals surface area contributed by atoms with Crippen molar-refractivity contribution in [3.05, 3.63) is 59.2 Å². The molecular formula is C25H32N4O4. The molecule has 3 rings (SSSR count). The molecule has 1 aliphatic heterocycles. The van der Waals surface area contributed by atoms with Crippen LogP contribution in [0.2, 0.25) is 0 Å². The Morgan fingerprint density at radius 2 is 1.70 bits per heavy atom. The van der Waals surface area contributed by atoms with Gasteiger partial charge in [0.25, 0.3) is 5.91 Å². The third-order valence-electron chi connectivity index (χ3n) is 5.36. The van der Waals surface area contributed by atoms with Gasteiger partial charge in [0.1, 0.15) is 0 Å². The van der Waals surface area contributed by atoms with Crippen molar-refractivity contribution < 1.29 is 19.5 Å². The third-order valence-corrected chi connectivity index (χ3v) is 5.36. The number of hydrogen-bond acceptors (Lipinski definition) is 5. The number of benzene rings is 2. The summed E-state index contributed by atoms with van der Waals surface area (Å²) in [5.74, 6) is -1.36. The minimum atomic E-state index is -1.05. The maximum atomic E-state index is 12.5. The predicted octanol–water partition coefficient (Wildman–Crippen LogP) is 2.98. The van der Waals surface area contributed by atoms with Gasteiger partial charge in [0.15, 0.2) is 0 Å². The Morgan fingerprint density at radius 3 is 2.30 bits per heavy atom. The molecule has 3 N–H and O–H groups in total. The van der Waals surface area contributed by atoms with Gasteiger partial charge in [-0.05, 0) is 58.0 Å². The highest BCUT2D eigenvalue weighted by molar-refractivity contribution is 6.05. The Balaban J connectivity index is 1.66. The zero-order chi connectivity index (χ0) is 24.2. The highest BCUT2D eigenvalue weighted by Crippen LogP contribution is 2.26. The van der Waals surface area contributed by atoms with E-state index in [1.807, 2.05) is 44.7 Å². The number of nitrogens with zero attached hydrogens (tertiary/aromatic N) is 2. The molecule has 8 heteroatoms. The molecule has 1 aliphatic rings. The fourth-order valence-corrected chi connectivity index (χ4v) is 3.86. The second-order valence-electron chi connectivity index (χ2n) is 9.42. The lowest BCUT2D eigenvalue weighted by molar-refractivity contribution is -0.123. The summed E-state index contributed by atoms with van der Waals surface area (Å²) in [7, 11) is 0. The van der Waals surface area contributed by atoms with E-state index < -0.39 is 5.97 Å². The minimum absolute atomic E-state index is 0.0177. The van der Waals surface area contributed by atoms with Crippen molar-refractivity contribution in [3.8, 4) is 0 Å². The lowest BCUT2D eigenvalue weighted by Gasteiger charge is -2.36. The van der Waals surface area contributed by atoms with Gasteiger partial charge in [-0.15, -0.1) is 0 Å². The van der Waals surface area contributed by atoms with Crippen LogP contribution < -0.4 is 15.5 Å². The topological polar surface area (TPSA) is 102 Å². The monoisotopic (exact) mass is 452 g/mol. The van der Waals surface area contributed by atoms with Gasteiger partial charge >= 0.3 is 5.97 Å². The maximum absolute atomic E-state index is 12.5. The number of hydrogen-bond donors (Lipinski definition) is 3. The van der Waals surface area contributed by atoms with Gasteiger partial charge in [-0.25, -0.2) is 4.79 Å². The number of carbonyl (C=O) groups is 3. The van der Waals surface area contributed by atoms with E-state index in [4.69, 9.17) is 0 Å². The van der Waals surface area contributed by atoms with Crippen LogP contribution in [0.4, 0.5) is 11.4 Å². The lowest BCUT2D eigenvalue weighted by Crippen LogP contribution is -2.52. The summed E-state index contributed by atoms with van der Waals surface area (Å²) in [6.45, 7) is 10.6. The second-order valence-corrected chi connectivity index (χ2v) is 9.42. The van der Waals surface area contributed by atoms with Gasteiger partial charge in [0.2, 0.25) is 5.91 Å². The van der Waals surface area contributed by atoms with Gasteiger partial charge < -0.3 is 20.6 Å². The van der Waals surface area contributed by atoms with Crippen molar-refractivity contribution in [1.29, 1.82) is 0 Å². The SMILES string of the molecule is Cc1cccc(C(=O)Nc2ccc(N3CCN(CC(=O)NC(C)(C)C)CC3)c(C(=O)O)c2)c1. The first-order valence-electron chi connectivity index (χ1n) is 11.1. The second kappa shape index (κ2) is 10.0. The molecule has 0 atom stereocenters. The van der Waals surface area contributed by atoms with Crippen LogP contribution in [-0.2, 0) is 4.79 Å². The molecule has 0 saturated carbocycles. The van der Waals surface area contributed by atoms with Crippen molar-refractivity contribution in [2.24, 2.45) is 0 Å². The number of amides is 2. The average Bonchev–Trinajstić information content (AvgIpc) is 2.73. The Labute approximate surface area is 194 Å². The number of aryl methyl sites for hydroxylation is 1. The molecule has 2 aromatic rings. The quantitative estimate of drug-likeness (QED) is 0.623. The normalized spacial score (nSPS) is 14.6. The summed E-state index contributed by atoms with van der Waals surface area (Å²) in [6, 6.07) is 12.2. The summed E-state index contributed by atoms with van der Waals surface area (Å²) in [5.41, 5.74) is 2.39. The summed E-state index contributed by atoms with van der Waals surface area (Å²) in [6.07, 6.45) is 0. The molecule has 0 aliphatic carbocycles. The van der Waals surface area contributed by atoms with Gasteiger partial charge in [-0.3, -0.25) is 14.5 Å². The van der Waals surface area contributed by atoms with Gasteiger partial charge in [0.05, 0.1) is 17.8 Å². The number of aromatic carboxylic acids is 1. The molecular weight excluding hydrogens is 420 g/mol. The van der Waals surface area contributed by atoms with E-state index in [0.717, 1.165) is 5.56 Å². The predicted molar refractivity (Wildman–Crippen MR) is 129 cm³/mol. The Kier molecular flexibility index (Phi) is 7.38. The summed E-state index contributed by atoms with van der Waals surface area (Å²) < 4.78 is 0. The van der Waals surface area contributed by atoms with Crippen LogP contribution in [0.5, 0.6) is 0 Å². The first-order chi connectivity index (χ1) is 15.5. The van der Waals surface area contributed by atoms with Crippen molar-refractivity contribution in [1.82, 2.24) is 10.2 Å². The zero-order valence-electron chi connectivity index (χ0n) is 19.6. The Hall–Kier alpha value is -3.39. The van der Waals surface area contributed by atoms with E-state index in [9.17, 15) is 19.5 Å².